The van der Waals surface area contributed by atoms with Crippen molar-refractivity contribution in [3.05, 3.63) is 0 Å². The predicted octanol–water partition coefficient (Wildman–Crippen LogP) is 8.15. The fourth-order valence-electron chi connectivity index (χ4n) is 4.15. The van der Waals surface area contributed by atoms with Gasteiger partial charge in [0.2, 0.25) is 5.91 Å². The Labute approximate surface area is 205 Å². The summed E-state index contributed by atoms with van der Waals surface area (Å²) in [6.45, 7) is 4.50. The van der Waals surface area contributed by atoms with Crippen molar-refractivity contribution in [1.29, 1.82) is 0 Å². The molecule has 0 saturated heterocycles. The number of hydrogen-bond donors (Lipinski definition) is 0. The molecule has 5 heteroatoms. The van der Waals surface area contributed by atoms with Gasteiger partial charge in [0.15, 0.2) is 0 Å². The van der Waals surface area contributed by atoms with E-state index in [2.05, 4.69) is 13.8 Å². The summed E-state index contributed by atoms with van der Waals surface area (Å²) in [6.07, 6.45) is 23.4. The van der Waals surface area contributed by atoms with Crippen LogP contribution in [-0.4, -0.2) is 37.2 Å². The Morgan fingerprint density at radius 3 is 1.55 bits per heavy atom. The molecule has 0 unspecified atom stereocenters. The lowest BCUT2D eigenvalue weighted by molar-refractivity contribution is -0.168. The Kier molecular flexibility index (Phi) is 23.2. The monoisotopic (exact) mass is 469 g/mol. The van der Waals surface area contributed by atoms with Gasteiger partial charge in [0, 0.05) is 19.9 Å². The maximum atomic E-state index is 12.4. The van der Waals surface area contributed by atoms with Crippen molar-refractivity contribution in [2.45, 2.75) is 155 Å². The lowest BCUT2D eigenvalue weighted by Gasteiger charge is -2.18. The number of nitrogens with zero attached hydrogens (tertiary/aromatic N) is 1. The van der Waals surface area contributed by atoms with Gasteiger partial charge in [0.05, 0.1) is 7.11 Å². The smallest absolute Gasteiger partial charge is 0.306 e. The molecular formula is C28H55NO4. The van der Waals surface area contributed by atoms with Gasteiger partial charge in [-0.25, -0.2) is 5.06 Å². The summed E-state index contributed by atoms with van der Waals surface area (Å²) >= 11 is 0. The molecule has 0 rings (SSSR count). The third-order valence-electron chi connectivity index (χ3n) is 6.45. The summed E-state index contributed by atoms with van der Waals surface area (Å²) < 4.78 is 5.90. The number of esters is 1. The Bertz CT molecular complexity index is 439. The molecule has 0 saturated carbocycles. The number of unbranched alkanes of at least 4 members (excludes halogenated alkanes) is 14. The van der Waals surface area contributed by atoms with Crippen LogP contribution in [0.3, 0.4) is 0 Å². The van der Waals surface area contributed by atoms with Crippen molar-refractivity contribution in [3.8, 4) is 0 Å². The highest BCUT2D eigenvalue weighted by Gasteiger charge is 2.14. The average molecular weight is 470 g/mol. The van der Waals surface area contributed by atoms with Crippen LogP contribution in [0, 0.1) is 0 Å². The minimum Gasteiger partial charge on any atom is -0.462 e. The van der Waals surface area contributed by atoms with Crippen molar-refractivity contribution in [2.24, 2.45) is 0 Å². The van der Waals surface area contributed by atoms with Gasteiger partial charge in [-0.2, -0.15) is 0 Å². The van der Waals surface area contributed by atoms with Crippen LogP contribution in [0.15, 0.2) is 0 Å². The topological polar surface area (TPSA) is 55.8 Å². The van der Waals surface area contributed by atoms with Gasteiger partial charge in [-0.1, -0.05) is 97.3 Å². The summed E-state index contributed by atoms with van der Waals surface area (Å²) in [7, 11) is 3.14. The largest absolute Gasteiger partial charge is 0.462 e. The van der Waals surface area contributed by atoms with E-state index in [1.807, 2.05) is 0 Å². The van der Waals surface area contributed by atoms with Crippen molar-refractivity contribution in [3.63, 3.8) is 0 Å². The first-order valence-corrected chi connectivity index (χ1v) is 14.0. The zero-order valence-electron chi connectivity index (χ0n) is 22.5. The van der Waals surface area contributed by atoms with E-state index in [1.165, 1.54) is 89.2 Å². The van der Waals surface area contributed by atoms with E-state index in [4.69, 9.17) is 9.57 Å². The normalized spacial score (nSPS) is 11.2. The summed E-state index contributed by atoms with van der Waals surface area (Å²) in [4.78, 5) is 29.0. The van der Waals surface area contributed by atoms with E-state index in [9.17, 15) is 9.59 Å². The van der Waals surface area contributed by atoms with Crippen molar-refractivity contribution in [2.75, 3.05) is 14.2 Å². The molecule has 0 aromatic rings. The number of hydroxylamine groups is 2. The van der Waals surface area contributed by atoms with Gasteiger partial charge in [0.25, 0.3) is 0 Å². The maximum Gasteiger partial charge on any atom is 0.306 e. The van der Waals surface area contributed by atoms with Crippen LogP contribution in [0.1, 0.15) is 149 Å². The van der Waals surface area contributed by atoms with Crippen LogP contribution in [0.25, 0.3) is 0 Å². The van der Waals surface area contributed by atoms with Crippen molar-refractivity contribution in [1.82, 2.24) is 5.06 Å². The van der Waals surface area contributed by atoms with Gasteiger partial charge in [-0.3, -0.25) is 14.4 Å². The molecule has 196 valence electrons. The second-order valence-corrected chi connectivity index (χ2v) is 9.57. The first kappa shape index (κ1) is 31.9. The van der Waals surface area contributed by atoms with Crippen LogP contribution in [0.5, 0.6) is 0 Å². The lowest BCUT2D eigenvalue weighted by atomic mass is 10.0. The number of amides is 1. The number of carbonyl (C=O) groups excluding carboxylic acids is 2. The van der Waals surface area contributed by atoms with E-state index in [0.717, 1.165) is 44.9 Å². The number of rotatable bonds is 24. The second-order valence-electron chi connectivity index (χ2n) is 9.57. The quantitative estimate of drug-likeness (QED) is 0.0813. The van der Waals surface area contributed by atoms with Gasteiger partial charge in [0.1, 0.15) is 6.10 Å². The number of hydrogen-bond acceptors (Lipinski definition) is 4. The molecule has 33 heavy (non-hydrogen) atoms. The molecule has 0 atom stereocenters. The van der Waals surface area contributed by atoms with E-state index in [1.54, 1.807) is 7.05 Å². The molecule has 0 aromatic heterocycles. The molecule has 0 bridgehead atoms. The molecule has 1 amide bonds. The van der Waals surface area contributed by atoms with Gasteiger partial charge in [-0.15, -0.1) is 0 Å². The number of ether oxygens (including phenoxy) is 1. The van der Waals surface area contributed by atoms with Crippen LogP contribution in [0.4, 0.5) is 0 Å². The lowest BCUT2D eigenvalue weighted by Crippen LogP contribution is -2.24. The van der Waals surface area contributed by atoms with E-state index >= 15 is 0 Å². The van der Waals surface area contributed by atoms with Gasteiger partial charge < -0.3 is 4.74 Å². The molecule has 5 nitrogen and oxygen atoms in total. The molecular weight excluding hydrogens is 414 g/mol. The van der Waals surface area contributed by atoms with Crippen LogP contribution in [-0.2, 0) is 19.2 Å². The minimum atomic E-state index is -0.0196. The molecule has 0 aliphatic rings. The fourth-order valence-corrected chi connectivity index (χ4v) is 4.15. The highest BCUT2D eigenvalue weighted by molar-refractivity contribution is 5.74. The van der Waals surface area contributed by atoms with Crippen molar-refractivity contribution >= 4 is 11.9 Å². The van der Waals surface area contributed by atoms with Crippen LogP contribution in [0.2, 0.25) is 0 Å². The Hall–Kier alpha value is -1.10. The third-order valence-corrected chi connectivity index (χ3v) is 6.45. The van der Waals surface area contributed by atoms with Crippen LogP contribution >= 0.6 is 0 Å². The second kappa shape index (κ2) is 24.0. The fraction of sp³-hybridized carbons (Fsp3) is 0.929. The summed E-state index contributed by atoms with van der Waals surface area (Å²) in [5, 5.41) is 1.28. The molecule has 0 spiro atoms. The first-order valence-electron chi connectivity index (χ1n) is 14.0. The highest BCUT2D eigenvalue weighted by Crippen LogP contribution is 2.18. The Morgan fingerprint density at radius 2 is 1.06 bits per heavy atom. The molecule has 0 aromatic carbocycles. The molecule has 0 heterocycles. The van der Waals surface area contributed by atoms with E-state index < -0.39 is 0 Å². The Morgan fingerprint density at radius 1 is 0.636 bits per heavy atom. The SMILES string of the molecule is CCCCCCCCC(CCCCCCCC)OC(=O)CCCCCCCC(=O)N(C)OC. The standard InChI is InChI=1S/C28H55NO4/c1-5-7-9-11-14-18-22-26(23-19-15-12-10-8-6-2)33-28(31)25-21-17-13-16-20-24-27(30)29(3)32-4/h26H,5-25H2,1-4H3. The average Bonchev–Trinajstić information content (AvgIpc) is 2.81. The molecule has 0 aliphatic heterocycles. The van der Waals surface area contributed by atoms with Gasteiger partial charge >= 0.3 is 5.97 Å². The number of carbonyl (C=O) groups is 2. The highest BCUT2D eigenvalue weighted by atomic mass is 16.7. The van der Waals surface area contributed by atoms with Gasteiger partial charge in [-0.05, 0) is 38.5 Å². The molecule has 0 fully saturated rings. The Balaban J connectivity index is 4.02. The maximum absolute atomic E-state index is 12.4. The molecule has 0 N–H and O–H groups in total. The zero-order valence-corrected chi connectivity index (χ0v) is 22.5. The summed E-state index contributed by atoms with van der Waals surface area (Å²) in [5.74, 6) is -0.00305. The predicted molar refractivity (Wildman–Crippen MR) is 138 cm³/mol. The zero-order chi connectivity index (χ0) is 24.6. The van der Waals surface area contributed by atoms with E-state index in [0.29, 0.717) is 12.8 Å². The minimum absolute atomic E-state index is 0.0165. The first-order chi connectivity index (χ1) is 16.0. The third kappa shape index (κ3) is 21.2. The summed E-state index contributed by atoms with van der Waals surface area (Å²) in [6, 6.07) is 0. The summed E-state index contributed by atoms with van der Waals surface area (Å²) in [5.41, 5.74) is 0. The molecule has 0 aliphatic carbocycles. The molecule has 0 radical (unpaired) electrons. The van der Waals surface area contributed by atoms with E-state index in [-0.39, 0.29) is 18.0 Å². The van der Waals surface area contributed by atoms with Crippen LogP contribution < -0.4 is 0 Å². The van der Waals surface area contributed by atoms with Crippen molar-refractivity contribution < 1.29 is 19.2 Å².